The Kier molecular flexibility index (Phi) is 3.16. The van der Waals surface area contributed by atoms with E-state index in [9.17, 15) is 0 Å². The van der Waals surface area contributed by atoms with Gasteiger partial charge in [-0.2, -0.15) is 0 Å². The third-order valence-corrected chi connectivity index (χ3v) is 4.50. The van der Waals surface area contributed by atoms with Crippen LogP contribution in [-0.2, 0) is 6.42 Å². The molecule has 22 heavy (non-hydrogen) atoms. The molecule has 1 aliphatic rings. The SMILES string of the molecule is COc1cc(C)cc(C2NCCc3c2[nH]c2ccccc32)c1. The second-order valence-electron chi connectivity index (χ2n) is 5.98. The number of ether oxygens (including phenoxy) is 1. The number of fused-ring (bicyclic) bond motifs is 3. The van der Waals surface area contributed by atoms with Crippen molar-refractivity contribution in [3.05, 3.63) is 64.8 Å². The van der Waals surface area contributed by atoms with Gasteiger partial charge in [-0.05, 0) is 48.2 Å². The number of nitrogens with one attached hydrogen (secondary N) is 2. The molecule has 1 aliphatic heterocycles. The molecule has 112 valence electrons. The number of hydrogen-bond donors (Lipinski definition) is 2. The highest BCUT2D eigenvalue weighted by Crippen LogP contribution is 2.34. The number of methoxy groups -OCH3 is 1. The van der Waals surface area contributed by atoms with Crippen LogP contribution in [0.5, 0.6) is 5.75 Å². The van der Waals surface area contributed by atoms with Crippen molar-refractivity contribution in [2.24, 2.45) is 0 Å². The number of benzene rings is 2. The third-order valence-electron chi connectivity index (χ3n) is 4.50. The van der Waals surface area contributed by atoms with Crippen LogP contribution in [0.1, 0.15) is 28.4 Å². The van der Waals surface area contributed by atoms with Crippen LogP contribution in [0.3, 0.4) is 0 Å². The average molecular weight is 292 g/mol. The van der Waals surface area contributed by atoms with Gasteiger partial charge in [0.1, 0.15) is 5.75 Å². The number of hydrogen-bond acceptors (Lipinski definition) is 2. The maximum Gasteiger partial charge on any atom is 0.119 e. The monoisotopic (exact) mass is 292 g/mol. The quantitative estimate of drug-likeness (QED) is 0.755. The van der Waals surface area contributed by atoms with Crippen LogP contribution < -0.4 is 10.1 Å². The normalized spacial score (nSPS) is 17.5. The van der Waals surface area contributed by atoms with Gasteiger partial charge in [0.25, 0.3) is 0 Å². The van der Waals surface area contributed by atoms with E-state index in [4.69, 9.17) is 4.74 Å². The van der Waals surface area contributed by atoms with Crippen molar-refractivity contribution >= 4 is 10.9 Å². The van der Waals surface area contributed by atoms with E-state index in [1.807, 2.05) is 0 Å². The van der Waals surface area contributed by atoms with E-state index >= 15 is 0 Å². The van der Waals surface area contributed by atoms with E-state index in [-0.39, 0.29) is 6.04 Å². The topological polar surface area (TPSA) is 37.0 Å². The molecule has 2 aromatic carbocycles. The Bertz CT molecular complexity index is 835. The molecule has 2 heterocycles. The van der Waals surface area contributed by atoms with E-state index in [0.29, 0.717) is 0 Å². The lowest BCUT2D eigenvalue weighted by Crippen LogP contribution is -2.30. The summed E-state index contributed by atoms with van der Waals surface area (Å²) in [4.78, 5) is 3.62. The maximum atomic E-state index is 5.44. The fraction of sp³-hybridized carbons (Fsp3) is 0.263. The molecule has 1 atom stereocenters. The third kappa shape index (κ3) is 2.09. The lowest BCUT2D eigenvalue weighted by molar-refractivity contribution is 0.413. The molecule has 0 radical (unpaired) electrons. The molecule has 0 bridgehead atoms. The minimum absolute atomic E-state index is 0.199. The molecule has 0 aliphatic carbocycles. The molecular weight excluding hydrogens is 272 g/mol. The van der Waals surface area contributed by atoms with Crippen molar-refractivity contribution in [1.29, 1.82) is 0 Å². The fourth-order valence-electron chi connectivity index (χ4n) is 3.53. The van der Waals surface area contributed by atoms with Crippen molar-refractivity contribution in [1.82, 2.24) is 10.3 Å². The molecule has 0 fully saturated rings. The largest absolute Gasteiger partial charge is 0.497 e. The minimum atomic E-state index is 0.199. The van der Waals surface area contributed by atoms with Gasteiger partial charge in [0, 0.05) is 23.1 Å². The van der Waals surface area contributed by atoms with Crippen LogP contribution >= 0.6 is 0 Å². The first-order valence-corrected chi connectivity index (χ1v) is 7.74. The predicted octanol–water partition coefficient (Wildman–Crippen LogP) is 3.72. The van der Waals surface area contributed by atoms with Crippen molar-refractivity contribution in [2.75, 3.05) is 13.7 Å². The predicted molar refractivity (Wildman–Crippen MR) is 89.6 cm³/mol. The molecule has 2 N–H and O–H groups in total. The summed E-state index contributed by atoms with van der Waals surface area (Å²) >= 11 is 0. The van der Waals surface area contributed by atoms with E-state index in [1.54, 1.807) is 7.11 Å². The van der Waals surface area contributed by atoms with Gasteiger partial charge in [-0.15, -0.1) is 0 Å². The number of H-pyrrole nitrogens is 1. The Morgan fingerprint density at radius 2 is 2.00 bits per heavy atom. The fourth-order valence-corrected chi connectivity index (χ4v) is 3.53. The summed E-state index contributed by atoms with van der Waals surface area (Å²) in [6.45, 7) is 3.11. The summed E-state index contributed by atoms with van der Waals surface area (Å²) in [6, 6.07) is 15.2. The van der Waals surface area contributed by atoms with Gasteiger partial charge in [0.2, 0.25) is 0 Å². The summed E-state index contributed by atoms with van der Waals surface area (Å²) in [7, 11) is 1.72. The molecule has 1 aromatic heterocycles. The van der Waals surface area contributed by atoms with Crippen LogP contribution in [-0.4, -0.2) is 18.6 Å². The van der Waals surface area contributed by atoms with E-state index < -0.39 is 0 Å². The van der Waals surface area contributed by atoms with Gasteiger partial charge >= 0.3 is 0 Å². The summed E-state index contributed by atoms with van der Waals surface area (Å²) < 4.78 is 5.44. The van der Waals surface area contributed by atoms with Crippen LogP contribution in [0.15, 0.2) is 42.5 Å². The van der Waals surface area contributed by atoms with Gasteiger partial charge in [0.05, 0.1) is 13.2 Å². The highest BCUT2D eigenvalue weighted by atomic mass is 16.5. The summed E-state index contributed by atoms with van der Waals surface area (Å²) in [5, 5.41) is 4.99. The lowest BCUT2D eigenvalue weighted by atomic mass is 9.93. The number of para-hydroxylation sites is 1. The van der Waals surface area contributed by atoms with Crippen LogP contribution in [0.25, 0.3) is 10.9 Å². The molecule has 3 heteroatoms. The van der Waals surface area contributed by atoms with Gasteiger partial charge < -0.3 is 15.0 Å². The van der Waals surface area contributed by atoms with Crippen molar-refractivity contribution in [3.63, 3.8) is 0 Å². The highest BCUT2D eigenvalue weighted by Gasteiger charge is 2.25. The zero-order valence-electron chi connectivity index (χ0n) is 12.9. The van der Waals surface area contributed by atoms with Crippen molar-refractivity contribution in [2.45, 2.75) is 19.4 Å². The Hall–Kier alpha value is -2.26. The second kappa shape index (κ2) is 5.18. The van der Waals surface area contributed by atoms with E-state index in [0.717, 1.165) is 18.7 Å². The van der Waals surface area contributed by atoms with Gasteiger partial charge in [-0.3, -0.25) is 0 Å². The summed E-state index contributed by atoms with van der Waals surface area (Å²) in [5.41, 5.74) is 6.43. The van der Waals surface area contributed by atoms with Crippen LogP contribution in [0.2, 0.25) is 0 Å². The van der Waals surface area contributed by atoms with Crippen LogP contribution in [0.4, 0.5) is 0 Å². The number of aromatic amines is 1. The number of rotatable bonds is 2. The van der Waals surface area contributed by atoms with Crippen molar-refractivity contribution in [3.8, 4) is 5.75 Å². The first-order valence-electron chi connectivity index (χ1n) is 7.74. The minimum Gasteiger partial charge on any atom is -0.497 e. The standard InChI is InChI=1S/C19H20N2O/c1-12-9-13(11-14(10-12)22-2)18-19-16(7-8-20-18)15-5-3-4-6-17(15)21-19/h3-6,9-11,18,20-21H,7-8H2,1-2H3. The van der Waals surface area contributed by atoms with E-state index in [1.165, 1.54) is 33.3 Å². The Morgan fingerprint density at radius 1 is 1.14 bits per heavy atom. The smallest absolute Gasteiger partial charge is 0.119 e. The van der Waals surface area contributed by atoms with Gasteiger partial charge in [0.15, 0.2) is 0 Å². The molecule has 3 nitrogen and oxygen atoms in total. The molecule has 4 rings (SSSR count). The average Bonchev–Trinajstić information content (AvgIpc) is 2.92. The molecule has 0 spiro atoms. The molecule has 0 saturated heterocycles. The highest BCUT2D eigenvalue weighted by molar-refractivity contribution is 5.85. The summed E-state index contributed by atoms with van der Waals surface area (Å²) in [6.07, 6.45) is 1.07. The second-order valence-corrected chi connectivity index (χ2v) is 5.98. The molecule has 0 amide bonds. The molecule has 3 aromatic rings. The molecular formula is C19H20N2O. The number of aromatic nitrogens is 1. The van der Waals surface area contributed by atoms with Crippen molar-refractivity contribution < 1.29 is 4.74 Å². The molecule has 0 saturated carbocycles. The van der Waals surface area contributed by atoms with Gasteiger partial charge in [-0.1, -0.05) is 24.3 Å². The lowest BCUT2D eigenvalue weighted by Gasteiger charge is -2.25. The summed E-state index contributed by atoms with van der Waals surface area (Å²) in [5.74, 6) is 0.917. The Labute approximate surface area is 130 Å². The maximum absolute atomic E-state index is 5.44. The zero-order valence-corrected chi connectivity index (χ0v) is 12.9. The molecule has 1 unspecified atom stereocenters. The van der Waals surface area contributed by atoms with Crippen LogP contribution in [0, 0.1) is 6.92 Å². The first-order chi connectivity index (χ1) is 10.8. The Morgan fingerprint density at radius 3 is 2.86 bits per heavy atom. The zero-order chi connectivity index (χ0) is 15.1. The number of aryl methyl sites for hydroxylation is 1. The first kappa shape index (κ1) is 13.4. The van der Waals surface area contributed by atoms with Gasteiger partial charge in [-0.25, -0.2) is 0 Å². The van der Waals surface area contributed by atoms with E-state index in [2.05, 4.69) is 59.7 Å². The Balaban J connectivity index is 1.87.